The van der Waals surface area contributed by atoms with Crippen LogP contribution in [0.25, 0.3) is 0 Å². The van der Waals surface area contributed by atoms with Crippen molar-refractivity contribution in [2.75, 3.05) is 5.32 Å². The maximum absolute atomic E-state index is 10.9. The van der Waals surface area contributed by atoms with Crippen molar-refractivity contribution in [3.63, 3.8) is 0 Å². The highest BCUT2D eigenvalue weighted by Gasteiger charge is 2.03. The quantitative estimate of drug-likeness (QED) is 0.847. The van der Waals surface area contributed by atoms with Gasteiger partial charge in [0.25, 0.3) is 0 Å². The van der Waals surface area contributed by atoms with Gasteiger partial charge in [-0.15, -0.1) is 11.8 Å². The normalized spacial score (nSPS) is 9.95. The first kappa shape index (κ1) is 15.4. The third-order valence-electron chi connectivity index (χ3n) is 2.75. The summed E-state index contributed by atoms with van der Waals surface area (Å²) in [7, 11) is 0. The lowest BCUT2D eigenvalue weighted by atomic mass is 10.2. The van der Waals surface area contributed by atoms with Crippen LogP contribution in [0.3, 0.4) is 0 Å². The van der Waals surface area contributed by atoms with Gasteiger partial charge in [0.2, 0.25) is 5.91 Å². The van der Waals surface area contributed by atoms with Crippen molar-refractivity contribution in [3.8, 4) is 6.07 Å². The summed E-state index contributed by atoms with van der Waals surface area (Å²) in [5.74, 6) is 0.643. The molecule has 21 heavy (non-hydrogen) atoms. The molecular weight excluding hydrogens is 304 g/mol. The standard InChI is InChI=1S/C16H13ClN2OS/c1-11(20)19-14-4-6-15(7-5-14)21-10-13-3-2-12(9-18)8-16(13)17/h2-8H,10H2,1H3,(H,19,20). The van der Waals surface area contributed by atoms with Crippen LogP contribution in [0.2, 0.25) is 5.02 Å². The predicted molar refractivity (Wildman–Crippen MR) is 86.5 cm³/mol. The van der Waals surface area contributed by atoms with Gasteiger partial charge < -0.3 is 5.32 Å². The summed E-state index contributed by atoms with van der Waals surface area (Å²) in [6.45, 7) is 1.48. The molecule has 5 heteroatoms. The minimum Gasteiger partial charge on any atom is -0.326 e. The molecule has 0 saturated carbocycles. The van der Waals surface area contributed by atoms with Crippen molar-refractivity contribution >= 4 is 35.0 Å². The van der Waals surface area contributed by atoms with Crippen molar-refractivity contribution < 1.29 is 4.79 Å². The monoisotopic (exact) mass is 316 g/mol. The van der Waals surface area contributed by atoms with Gasteiger partial charge in [-0.1, -0.05) is 17.7 Å². The largest absolute Gasteiger partial charge is 0.326 e. The molecule has 0 radical (unpaired) electrons. The van der Waals surface area contributed by atoms with E-state index in [1.165, 1.54) is 6.92 Å². The minimum absolute atomic E-state index is 0.0835. The lowest BCUT2D eigenvalue weighted by Gasteiger charge is -2.06. The van der Waals surface area contributed by atoms with Crippen LogP contribution in [0.4, 0.5) is 5.69 Å². The summed E-state index contributed by atoms with van der Waals surface area (Å²) in [6.07, 6.45) is 0. The van der Waals surface area contributed by atoms with E-state index in [2.05, 4.69) is 11.4 Å². The molecule has 2 rings (SSSR count). The average molecular weight is 317 g/mol. The van der Waals surface area contributed by atoms with Crippen LogP contribution in [-0.2, 0) is 10.5 Å². The van der Waals surface area contributed by atoms with Gasteiger partial charge in [-0.25, -0.2) is 0 Å². The first-order chi connectivity index (χ1) is 10.1. The minimum atomic E-state index is -0.0835. The second-order valence-electron chi connectivity index (χ2n) is 4.41. The number of thioether (sulfide) groups is 1. The fraction of sp³-hybridized carbons (Fsp3) is 0.125. The molecule has 0 aromatic heterocycles. The Labute approximate surface area is 132 Å². The fourth-order valence-electron chi connectivity index (χ4n) is 1.73. The lowest BCUT2D eigenvalue weighted by Crippen LogP contribution is -2.05. The number of halogens is 1. The Morgan fingerprint density at radius 3 is 2.57 bits per heavy atom. The smallest absolute Gasteiger partial charge is 0.221 e. The predicted octanol–water partition coefficient (Wildman–Crippen LogP) is 4.46. The summed E-state index contributed by atoms with van der Waals surface area (Å²) >= 11 is 7.79. The molecule has 1 N–H and O–H groups in total. The van der Waals surface area contributed by atoms with E-state index >= 15 is 0 Å². The van der Waals surface area contributed by atoms with Crippen molar-refractivity contribution in [3.05, 3.63) is 58.6 Å². The number of nitriles is 1. The van der Waals surface area contributed by atoms with E-state index in [1.807, 2.05) is 30.3 Å². The number of hydrogen-bond donors (Lipinski definition) is 1. The number of carbonyl (C=O) groups is 1. The average Bonchev–Trinajstić information content (AvgIpc) is 2.47. The fourth-order valence-corrected chi connectivity index (χ4v) is 2.96. The number of nitrogens with one attached hydrogen (secondary N) is 1. The van der Waals surface area contributed by atoms with E-state index in [4.69, 9.17) is 16.9 Å². The van der Waals surface area contributed by atoms with Crippen molar-refractivity contribution in [2.24, 2.45) is 0 Å². The van der Waals surface area contributed by atoms with Crippen LogP contribution in [0.15, 0.2) is 47.4 Å². The summed E-state index contributed by atoms with van der Waals surface area (Å²) in [5, 5.41) is 12.1. The number of carbonyl (C=O) groups excluding carboxylic acids is 1. The molecule has 0 aliphatic carbocycles. The van der Waals surface area contributed by atoms with Crippen LogP contribution in [-0.4, -0.2) is 5.91 Å². The number of hydrogen-bond acceptors (Lipinski definition) is 3. The molecule has 0 aliphatic heterocycles. The molecule has 0 saturated heterocycles. The van der Waals surface area contributed by atoms with Gasteiger partial charge in [0.05, 0.1) is 11.6 Å². The van der Waals surface area contributed by atoms with Crippen molar-refractivity contribution in [1.82, 2.24) is 0 Å². The van der Waals surface area contributed by atoms with Crippen molar-refractivity contribution in [1.29, 1.82) is 5.26 Å². The van der Waals surface area contributed by atoms with Gasteiger partial charge >= 0.3 is 0 Å². The zero-order valence-electron chi connectivity index (χ0n) is 11.4. The van der Waals surface area contributed by atoms with Crippen LogP contribution in [0.5, 0.6) is 0 Å². The maximum Gasteiger partial charge on any atom is 0.221 e. The number of rotatable bonds is 4. The second kappa shape index (κ2) is 7.16. The van der Waals surface area contributed by atoms with Crippen LogP contribution >= 0.6 is 23.4 Å². The second-order valence-corrected chi connectivity index (χ2v) is 5.87. The van der Waals surface area contributed by atoms with Crippen LogP contribution in [0, 0.1) is 11.3 Å². The van der Waals surface area contributed by atoms with E-state index in [0.717, 1.165) is 21.9 Å². The molecule has 106 valence electrons. The molecule has 0 unspecified atom stereocenters. The van der Waals surface area contributed by atoms with Gasteiger partial charge in [0.15, 0.2) is 0 Å². The van der Waals surface area contributed by atoms with Gasteiger partial charge in [-0.3, -0.25) is 4.79 Å². The summed E-state index contributed by atoms with van der Waals surface area (Å²) in [5.41, 5.74) is 2.34. The summed E-state index contributed by atoms with van der Waals surface area (Å²) < 4.78 is 0. The summed E-state index contributed by atoms with van der Waals surface area (Å²) in [4.78, 5) is 12.0. The molecule has 3 nitrogen and oxygen atoms in total. The third kappa shape index (κ3) is 4.52. The molecule has 0 fully saturated rings. The molecule has 2 aromatic rings. The zero-order chi connectivity index (χ0) is 15.2. The van der Waals surface area contributed by atoms with E-state index in [0.29, 0.717) is 10.6 Å². The molecule has 0 atom stereocenters. The van der Waals surface area contributed by atoms with Gasteiger partial charge in [0, 0.05) is 28.3 Å². The van der Waals surface area contributed by atoms with Crippen LogP contribution in [0.1, 0.15) is 18.1 Å². The van der Waals surface area contributed by atoms with Gasteiger partial charge in [0.1, 0.15) is 0 Å². The Balaban J connectivity index is 2.00. The lowest BCUT2D eigenvalue weighted by molar-refractivity contribution is -0.114. The molecule has 2 aromatic carbocycles. The molecular formula is C16H13ClN2OS. The first-order valence-electron chi connectivity index (χ1n) is 6.27. The maximum atomic E-state index is 10.9. The van der Waals surface area contributed by atoms with Crippen LogP contribution < -0.4 is 5.32 Å². The van der Waals surface area contributed by atoms with E-state index in [1.54, 1.807) is 23.9 Å². The first-order valence-corrected chi connectivity index (χ1v) is 7.64. The highest BCUT2D eigenvalue weighted by atomic mass is 35.5. The Kier molecular flexibility index (Phi) is 5.26. The summed E-state index contributed by atoms with van der Waals surface area (Å²) in [6, 6.07) is 15.0. The van der Waals surface area contributed by atoms with E-state index < -0.39 is 0 Å². The Morgan fingerprint density at radius 1 is 1.29 bits per heavy atom. The zero-order valence-corrected chi connectivity index (χ0v) is 13.0. The molecule has 1 amide bonds. The topological polar surface area (TPSA) is 52.9 Å². The molecule has 0 aliphatic rings. The Bertz CT molecular complexity index is 692. The van der Waals surface area contributed by atoms with E-state index in [9.17, 15) is 4.79 Å². The number of benzene rings is 2. The third-order valence-corrected chi connectivity index (χ3v) is 4.16. The number of anilines is 1. The Morgan fingerprint density at radius 2 is 2.00 bits per heavy atom. The van der Waals surface area contributed by atoms with Gasteiger partial charge in [-0.2, -0.15) is 5.26 Å². The molecule has 0 spiro atoms. The van der Waals surface area contributed by atoms with E-state index in [-0.39, 0.29) is 5.91 Å². The SMILES string of the molecule is CC(=O)Nc1ccc(SCc2ccc(C#N)cc2Cl)cc1. The highest BCUT2D eigenvalue weighted by molar-refractivity contribution is 7.98. The molecule has 0 heterocycles. The Hall–Kier alpha value is -1.96. The number of nitrogens with zero attached hydrogens (tertiary/aromatic N) is 1. The molecule has 0 bridgehead atoms. The number of amides is 1. The van der Waals surface area contributed by atoms with Gasteiger partial charge in [-0.05, 0) is 42.0 Å². The van der Waals surface area contributed by atoms with Crippen molar-refractivity contribution in [2.45, 2.75) is 17.6 Å². The highest BCUT2D eigenvalue weighted by Crippen LogP contribution is 2.28.